The lowest BCUT2D eigenvalue weighted by Crippen LogP contribution is -2.40. The molecule has 0 bridgehead atoms. The van der Waals surface area contributed by atoms with Crippen molar-refractivity contribution >= 4 is 17.6 Å². The maximum absolute atomic E-state index is 12.0. The highest BCUT2D eigenvalue weighted by molar-refractivity contribution is 5.92. The summed E-state index contributed by atoms with van der Waals surface area (Å²) in [5.41, 5.74) is 7.55. The molecule has 1 aromatic carbocycles. The van der Waals surface area contributed by atoms with Crippen molar-refractivity contribution in [2.24, 2.45) is 0 Å². The minimum absolute atomic E-state index is 0.220. The molecule has 1 aliphatic carbocycles. The first-order chi connectivity index (χ1) is 9.97. The van der Waals surface area contributed by atoms with E-state index in [-0.39, 0.29) is 11.9 Å². The number of hydrogen-bond acceptors (Lipinski definition) is 4. The third kappa shape index (κ3) is 3.97. The molecule has 2 rings (SSSR count). The number of esters is 1. The lowest BCUT2D eigenvalue weighted by atomic mass is 10.1. The average Bonchev–Trinajstić information content (AvgIpc) is 2.94. The Labute approximate surface area is 124 Å². The van der Waals surface area contributed by atoms with Gasteiger partial charge in [-0.1, -0.05) is 12.8 Å². The van der Waals surface area contributed by atoms with Crippen LogP contribution in [-0.2, 0) is 9.53 Å². The third-order valence-corrected chi connectivity index (χ3v) is 3.86. The smallest absolute Gasteiger partial charge is 0.338 e. The Morgan fingerprint density at radius 1 is 1.33 bits per heavy atom. The second kappa shape index (κ2) is 6.61. The molecule has 0 aromatic heterocycles. The normalized spacial score (nSPS) is 16.5. The topological polar surface area (TPSA) is 81.4 Å². The predicted octanol–water partition coefficient (Wildman–Crippen LogP) is 2.18. The number of nitrogens with two attached hydrogens (primary N) is 1. The second-order valence-corrected chi connectivity index (χ2v) is 5.61. The Kier molecular flexibility index (Phi) is 4.83. The van der Waals surface area contributed by atoms with Gasteiger partial charge < -0.3 is 15.8 Å². The fraction of sp³-hybridized carbons (Fsp3) is 0.500. The number of benzene rings is 1. The van der Waals surface area contributed by atoms with Crippen molar-refractivity contribution in [2.75, 3.05) is 5.73 Å². The molecule has 0 aliphatic heterocycles. The number of carbonyl (C=O) groups excluding carboxylic acids is 2. The standard InChI is InChI=1S/C16H22N2O3/c1-10-9-12(7-8-14(10)17)16(20)21-11(2)15(19)18-13-5-3-4-6-13/h7-9,11,13H,3-6,17H2,1-2H3,(H,18,19). The van der Waals surface area contributed by atoms with Crippen molar-refractivity contribution < 1.29 is 14.3 Å². The molecule has 1 aromatic rings. The first kappa shape index (κ1) is 15.4. The van der Waals surface area contributed by atoms with Gasteiger partial charge in [0.1, 0.15) is 0 Å². The van der Waals surface area contributed by atoms with Gasteiger partial charge in [0.05, 0.1) is 5.56 Å². The highest BCUT2D eigenvalue weighted by atomic mass is 16.5. The Hall–Kier alpha value is -2.04. The van der Waals surface area contributed by atoms with Gasteiger partial charge in [0, 0.05) is 11.7 Å². The molecule has 0 radical (unpaired) electrons. The number of ether oxygens (including phenoxy) is 1. The summed E-state index contributed by atoms with van der Waals surface area (Å²) in [6.07, 6.45) is 3.50. The van der Waals surface area contributed by atoms with Crippen molar-refractivity contribution in [1.29, 1.82) is 0 Å². The number of aryl methyl sites for hydroxylation is 1. The monoisotopic (exact) mass is 290 g/mol. The number of anilines is 1. The van der Waals surface area contributed by atoms with E-state index in [2.05, 4.69) is 5.32 Å². The zero-order valence-corrected chi connectivity index (χ0v) is 12.5. The van der Waals surface area contributed by atoms with Crippen LogP contribution in [0, 0.1) is 6.92 Å². The molecule has 0 spiro atoms. The fourth-order valence-electron chi connectivity index (χ4n) is 2.47. The van der Waals surface area contributed by atoms with Gasteiger partial charge in [-0.25, -0.2) is 4.79 Å². The van der Waals surface area contributed by atoms with E-state index in [0.29, 0.717) is 11.3 Å². The van der Waals surface area contributed by atoms with E-state index in [4.69, 9.17) is 10.5 Å². The third-order valence-electron chi connectivity index (χ3n) is 3.86. The SMILES string of the molecule is Cc1cc(C(=O)OC(C)C(=O)NC2CCCC2)ccc1N. The quantitative estimate of drug-likeness (QED) is 0.658. The van der Waals surface area contributed by atoms with E-state index in [0.717, 1.165) is 31.2 Å². The highest BCUT2D eigenvalue weighted by Gasteiger charge is 2.23. The van der Waals surface area contributed by atoms with Crippen molar-refractivity contribution in [3.63, 3.8) is 0 Å². The summed E-state index contributed by atoms with van der Waals surface area (Å²) in [6, 6.07) is 5.15. The maximum Gasteiger partial charge on any atom is 0.338 e. The van der Waals surface area contributed by atoms with Crippen LogP contribution in [0.3, 0.4) is 0 Å². The molecule has 0 heterocycles. The van der Waals surface area contributed by atoms with E-state index in [9.17, 15) is 9.59 Å². The van der Waals surface area contributed by atoms with E-state index in [1.54, 1.807) is 25.1 Å². The largest absolute Gasteiger partial charge is 0.449 e. The van der Waals surface area contributed by atoms with Crippen LogP contribution >= 0.6 is 0 Å². The number of rotatable bonds is 4. The summed E-state index contributed by atoms with van der Waals surface area (Å²) in [6.45, 7) is 3.41. The summed E-state index contributed by atoms with van der Waals surface area (Å²) in [4.78, 5) is 24.0. The molecule has 1 saturated carbocycles. The van der Waals surface area contributed by atoms with Gasteiger partial charge >= 0.3 is 5.97 Å². The summed E-state index contributed by atoms with van der Waals surface area (Å²) < 4.78 is 5.21. The Morgan fingerprint density at radius 3 is 2.62 bits per heavy atom. The lowest BCUT2D eigenvalue weighted by Gasteiger charge is -2.17. The van der Waals surface area contributed by atoms with Gasteiger partial charge in [0.25, 0.3) is 5.91 Å². The summed E-state index contributed by atoms with van der Waals surface area (Å²) in [5.74, 6) is -0.741. The van der Waals surface area contributed by atoms with Crippen molar-refractivity contribution in [1.82, 2.24) is 5.32 Å². The molecule has 114 valence electrons. The first-order valence-electron chi connectivity index (χ1n) is 7.35. The van der Waals surface area contributed by atoms with Crippen molar-refractivity contribution in [2.45, 2.75) is 51.7 Å². The minimum Gasteiger partial charge on any atom is -0.449 e. The lowest BCUT2D eigenvalue weighted by molar-refractivity contribution is -0.129. The summed E-state index contributed by atoms with van der Waals surface area (Å²) >= 11 is 0. The van der Waals surface area contributed by atoms with Crippen LogP contribution in [0.25, 0.3) is 0 Å². The number of hydrogen-bond donors (Lipinski definition) is 2. The molecule has 1 fully saturated rings. The van der Waals surface area contributed by atoms with Gasteiger partial charge in [-0.15, -0.1) is 0 Å². The molecule has 5 heteroatoms. The molecule has 1 aliphatic rings. The summed E-state index contributed by atoms with van der Waals surface area (Å²) in [7, 11) is 0. The molecule has 1 amide bonds. The number of carbonyl (C=O) groups is 2. The van der Waals surface area contributed by atoms with Crippen LogP contribution in [0.1, 0.15) is 48.5 Å². The van der Waals surface area contributed by atoms with Crippen LogP contribution < -0.4 is 11.1 Å². The van der Waals surface area contributed by atoms with Crippen LogP contribution in [-0.4, -0.2) is 24.0 Å². The van der Waals surface area contributed by atoms with E-state index < -0.39 is 12.1 Å². The van der Waals surface area contributed by atoms with Crippen molar-refractivity contribution in [3.8, 4) is 0 Å². The molecule has 5 nitrogen and oxygen atoms in total. The van der Waals surface area contributed by atoms with E-state index >= 15 is 0 Å². The Bertz CT molecular complexity index is 536. The minimum atomic E-state index is -0.795. The average molecular weight is 290 g/mol. The molecule has 21 heavy (non-hydrogen) atoms. The highest BCUT2D eigenvalue weighted by Crippen LogP contribution is 2.18. The Balaban J connectivity index is 1.91. The van der Waals surface area contributed by atoms with Gasteiger partial charge in [-0.05, 0) is 50.5 Å². The molecule has 0 saturated heterocycles. The molecule has 1 atom stereocenters. The summed E-state index contributed by atoms with van der Waals surface area (Å²) in [5, 5.41) is 2.92. The van der Waals surface area contributed by atoms with Gasteiger partial charge in [0.2, 0.25) is 0 Å². The van der Waals surface area contributed by atoms with E-state index in [1.165, 1.54) is 0 Å². The van der Waals surface area contributed by atoms with Crippen LogP contribution in [0.2, 0.25) is 0 Å². The van der Waals surface area contributed by atoms with Crippen LogP contribution in [0.15, 0.2) is 18.2 Å². The molecule has 3 N–H and O–H groups in total. The number of nitrogen functional groups attached to an aromatic ring is 1. The molecular formula is C16H22N2O3. The second-order valence-electron chi connectivity index (χ2n) is 5.61. The van der Waals surface area contributed by atoms with Gasteiger partial charge in [0.15, 0.2) is 6.10 Å². The first-order valence-corrected chi connectivity index (χ1v) is 7.35. The number of amides is 1. The van der Waals surface area contributed by atoms with Gasteiger partial charge in [-0.3, -0.25) is 4.79 Å². The van der Waals surface area contributed by atoms with Crippen LogP contribution in [0.4, 0.5) is 5.69 Å². The fourth-order valence-corrected chi connectivity index (χ4v) is 2.47. The predicted molar refractivity (Wildman–Crippen MR) is 80.9 cm³/mol. The Morgan fingerprint density at radius 2 is 2.00 bits per heavy atom. The van der Waals surface area contributed by atoms with Crippen LogP contribution in [0.5, 0.6) is 0 Å². The molecule has 1 unspecified atom stereocenters. The number of nitrogens with one attached hydrogen (secondary N) is 1. The van der Waals surface area contributed by atoms with Gasteiger partial charge in [-0.2, -0.15) is 0 Å². The molecular weight excluding hydrogens is 268 g/mol. The maximum atomic E-state index is 12.0. The van der Waals surface area contributed by atoms with E-state index in [1.807, 2.05) is 6.92 Å². The zero-order chi connectivity index (χ0) is 15.4. The zero-order valence-electron chi connectivity index (χ0n) is 12.5. The van der Waals surface area contributed by atoms with Crippen molar-refractivity contribution in [3.05, 3.63) is 29.3 Å².